The number of anilines is 1. The first kappa shape index (κ1) is 16.0. The minimum atomic E-state index is -0.936. The lowest BCUT2D eigenvalue weighted by molar-refractivity contribution is -0.136. The molecule has 0 aromatic heterocycles. The predicted octanol–water partition coefficient (Wildman–Crippen LogP) is 3.04. The Labute approximate surface area is 132 Å². The molecule has 0 unspecified atom stereocenters. The molecule has 2 aromatic rings. The molecule has 6 heteroatoms. The number of rotatable bonds is 3. The lowest BCUT2D eigenvalue weighted by atomic mass is 10.1. The van der Waals surface area contributed by atoms with E-state index in [0.29, 0.717) is 0 Å². The molecular weight excluding hydrogens is 307 g/mol. The molecule has 0 spiro atoms. The number of hydrogen-bond donors (Lipinski definition) is 2. The van der Waals surface area contributed by atoms with Crippen LogP contribution in [0.5, 0.6) is 0 Å². The summed E-state index contributed by atoms with van der Waals surface area (Å²) in [6, 6.07) is 11.3. The van der Waals surface area contributed by atoms with Crippen LogP contribution in [-0.4, -0.2) is 11.8 Å². The minimum absolute atomic E-state index is 0.0971. The van der Waals surface area contributed by atoms with Crippen LogP contribution in [0.25, 0.3) is 0 Å². The van der Waals surface area contributed by atoms with E-state index in [2.05, 4.69) is 10.6 Å². The van der Waals surface area contributed by atoms with Crippen molar-refractivity contribution < 1.29 is 14.0 Å². The highest BCUT2D eigenvalue weighted by Crippen LogP contribution is 2.18. The van der Waals surface area contributed by atoms with Gasteiger partial charge in [0.15, 0.2) is 0 Å². The second-order valence-electron chi connectivity index (χ2n) is 4.75. The van der Waals surface area contributed by atoms with E-state index in [-0.39, 0.29) is 17.3 Å². The highest BCUT2D eigenvalue weighted by molar-refractivity contribution is 6.39. The van der Waals surface area contributed by atoms with Crippen molar-refractivity contribution in [1.82, 2.24) is 5.32 Å². The highest BCUT2D eigenvalue weighted by atomic mass is 35.5. The molecule has 0 bridgehead atoms. The fourth-order valence-corrected chi connectivity index (χ4v) is 2.01. The topological polar surface area (TPSA) is 58.2 Å². The molecule has 0 aliphatic rings. The number of amides is 2. The van der Waals surface area contributed by atoms with Crippen molar-refractivity contribution in [2.24, 2.45) is 0 Å². The molecule has 0 fully saturated rings. The van der Waals surface area contributed by atoms with Crippen LogP contribution >= 0.6 is 11.6 Å². The standard InChI is InChI=1S/C16H14ClFN2O2/c1-10-3-2-4-11(7-10)9-19-15(21)16(22)20-14-6-5-12(17)8-13(14)18/h2-8H,9H2,1H3,(H,19,21)(H,20,22). The van der Waals surface area contributed by atoms with E-state index in [1.165, 1.54) is 12.1 Å². The van der Waals surface area contributed by atoms with Gasteiger partial charge in [-0.2, -0.15) is 0 Å². The molecule has 0 aliphatic heterocycles. The van der Waals surface area contributed by atoms with Gasteiger partial charge in [0.05, 0.1) is 5.69 Å². The third-order valence-corrected chi connectivity index (χ3v) is 3.16. The molecule has 0 saturated heterocycles. The van der Waals surface area contributed by atoms with E-state index in [4.69, 9.17) is 11.6 Å². The van der Waals surface area contributed by atoms with Gasteiger partial charge in [-0.1, -0.05) is 41.4 Å². The minimum Gasteiger partial charge on any atom is -0.344 e. The van der Waals surface area contributed by atoms with Gasteiger partial charge in [0.1, 0.15) is 5.82 Å². The number of carbonyl (C=O) groups excluding carboxylic acids is 2. The molecule has 0 aliphatic carbocycles. The monoisotopic (exact) mass is 320 g/mol. The van der Waals surface area contributed by atoms with E-state index in [0.717, 1.165) is 17.2 Å². The zero-order chi connectivity index (χ0) is 16.1. The molecule has 2 rings (SSSR count). The Bertz CT molecular complexity index is 719. The number of benzene rings is 2. The van der Waals surface area contributed by atoms with E-state index in [9.17, 15) is 14.0 Å². The SMILES string of the molecule is Cc1cccc(CNC(=O)C(=O)Nc2ccc(Cl)cc2F)c1. The van der Waals surface area contributed by atoms with Gasteiger partial charge in [-0.05, 0) is 30.7 Å². The first-order chi connectivity index (χ1) is 10.5. The molecule has 114 valence electrons. The maximum absolute atomic E-state index is 13.5. The highest BCUT2D eigenvalue weighted by Gasteiger charge is 2.15. The van der Waals surface area contributed by atoms with Crippen LogP contribution in [-0.2, 0) is 16.1 Å². The van der Waals surface area contributed by atoms with Crippen LogP contribution < -0.4 is 10.6 Å². The third kappa shape index (κ3) is 4.30. The Morgan fingerprint density at radius 1 is 1.14 bits per heavy atom. The number of nitrogens with one attached hydrogen (secondary N) is 2. The van der Waals surface area contributed by atoms with E-state index < -0.39 is 17.6 Å². The zero-order valence-electron chi connectivity index (χ0n) is 11.8. The summed E-state index contributed by atoms with van der Waals surface area (Å²) in [6.45, 7) is 2.15. The number of carbonyl (C=O) groups is 2. The summed E-state index contributed by atoms with van der Waals surface area (Å²) in [4.78, 5) is 23.4. The summed E-state index contributed by atoms with van der Waals surface area (Å²) in [7, 11) is 0. The van der Waals surface area contributed by atoms with Crippen molar-refractivity contribution >= 4 is 29.1 Å². The summed E-state index contributed by atoms with van der Waals surface area (Å²) in [6.07, 6.45) is 0. The van der Waals surface area contributed by atoms with Gasteiger partial charge in [0.2, 0.25) is 0 Å². The fraction of sp³-hybridized carbons (Fsp3) is 0.125. The summed E-state index contributed by atoms with van der Waals surface area (Å²) in [5.74, 6) is -2.47. The quantitative estimate of drug-likeness (QED) is 0.854. The Morgan fingerprint density at radius 2 is 1.91 bits per heavy atom. The van der Waals surface area contributed by atoms with Gasteiger partial charge >= 0.3 is 11.8 Å². The fourth-order valence-electron chi connectivity index (χ4n) is 1.85. The summed E-state index contributed by atoms with van der Waals surface area (Å²) >= 11 is 5.61. The average molecular weight is 321 g/mol. The van der Waals surface area contributed by atoms with Crippen LogP contribution in [0, 0.1) is 12.7 Å². The smallest absolute Gasteiger partial charge is 0.313 e. The molecule has 0 saturated carbocycles. The molecular formula is C16H14ClFN2O2. The van der Waals surface area contributed by atoms with Crippen LogP contribution in [0.15, 0.2) is 42.5 Å². The second-order valence-corrected chi connectivity index (χ2v) is 5.19. The Balaban J connectivity index is 1.93. The number of hydrogen-bond acceptors (Lipinski definition) is 2. The normalized spacial score (nSPS) is 10.1. The van der Waals surface area contributed by atoms with Crippen molar-refractivity contribution in [2.75, 3.05) is 5.32 Å². The lowest BCUT2D eigenvalue weighted by Crippen LogP contribution is -2.35. The molecule has 2 aromatic carbocycles. The van der Waals surface area contributed by atoms with Gasteiger partial charge in [-0.3, -0.25) is 9.59 Å². The molecule has 4 nitrogen and oxygen atoms in total. The molecule has 22 heavy (non-hydrogen) atoms. The Kier molecular flexibility index (Phi) is 5.12. The van der Waals surface area contributed by atoms with Crippen molar-refractivity contribution in [3.8, 4) is 0 Å². The maximum atomic E-state index is 13.5. The number of aryl methyl sites for hydroxylation is 1. The van der Waals surface area contributed by atoms with Crippen LogP contribution in [0.2, 0.25) is 5.02 Å². The maximum Gasteiger partial charge on any atom is 0.313 e. The van der Waals surface area contributed by atoms with Crippen molar-refractivity contribution in [3.05, 3.63) is 64.4 Å². The largest absolute Gasteiger partial charge is 0.344 e. The first-order valence-corrected chi connectivity index (χ1v) is 6.93. The van der Waals surface area contributed by atoms with Gasteiger partial charge < -0.3 is 10.6 Å². The van der Waals surface area contributed by atoms with Gasteiger partial charge in [0.25, 0.3) is 0 Å². The van der Waals surface area contributed by atoms with E-state index in [1.807, 2.05) is 31.2 Å². The second kappa shape index (κ2) is 7.04. The molecule has 0 atom stereocenters. The van der Waals surface area contributed by atoms with Crippen molar-refractivity contribution in [3.63, 3.8) is 0 Å². The van der Waals surface area contributed by atoms with Crippen molar-refractivity contribution in [2.45, 2.75) is 13.5 Å². The molecule has 2 amide bonds. The summed E-state index contributed by atoms with van der Waals surface area (Å²) in [5.41, 5.74) is 1.83. The van der Waals surface area contributed by atoms with Crippen LogP contribution in [0.1, 0.15) is 11.1 Å². The third-order valence-electron chi connectivity index (χ3n) is 2.92. The first-order valence-electron chi connectivity index (χ1n) is 6.55. The molecule has 2 N–H and O–H groups in total. The Hall–Kier alpha value is -2.40. The summed E-state index contributed by atoms with van der Waals surface area (Å²) < 4.78 is 13.5. The van der Waals surface area contributed by atoms with Crippen LogP contribution in [0.3, 0.4) is 0 Å². The number of halogens is 2. The Morgan fingerprint density at radius 3 is 2.59 bits per heavy atom. The van der Waals surface area contributed by atoms with Gasteiger partial charge in [-0.15, -0.1) is 0 Å². The lowest BCUT2D eigenvalue weighted by Gasteiger charge is -2.08. The van der Waals surface area contributed by atoms with Gasteiger partial charge in [0, 0.05) is 11.6 Å². The molecule has 0 radical (unpaired) electrons. The summed E-state index contributed by atoms with van der Waals surface area (Å²) in [5, 5.41) is 4.89. The van der Waals surface area contributed by atoms with Crippen LogP contribution in [0.4, 0.5) is 10.1 Å². The van der Waals surface area contributed by atoms with E-state index >= 15 is 0 Å². The van der Waals surface area contributed by atoms with E-state index in [1.54, 1.807) is 0 Å². The van der Waals surface area contributed by atoms with Crippen molar-refractivity contribution in [1.29, 1.82) is 0 Å². The average Bonchev–Trinajstić information content (AvgIpc) is 2.47. The van der Waals surface area contributed by atoms with Gasteiger partial charge in [-0.25, -0.2) is 4.39 Å². The zero-order valence-corrected chi connectivity index (χ0v) is 12.6. The predicted molar refractivity (Wildman–Crippen MR) is 83.1 cm³/mol. The molecule has 0 heterocycles.